The third-order valence-corrected chi connectivity index (χ3v) is 6.67. The van der Waals surface area contributed by atoms with E-state index in [0.29, 0.717) is 24.0 Å². The summed E-state index contributed by atoms with van der Waals surface area (Å²) in [5.74, 6) is 0.534. The molecule has 0 heterocycles. The van der Waals surface area contributed by atoms with Crippen molar-refractivity contribution in [2.24, 2.45) is 0 Å². The van der Waals surface area contributed by atoms with Gasteiger partial charge in [0.2, 0.25) is 15.9 Å². The fraction of sp³-hybridized carbons (Fsp3) is 0.269. The fourth-order valence-electron chi connectivity index (χ4n) is 3.36. The molecule has 1 unspecified atom stereocenters. The van der Waals surface area contributed by atoms with Crippen molar-refractivity contribution in [3.8, 4) is 5.75 Å². The third-order valence-electron chi connectivity index (χ3n) is 5.19. The minimum absolute atomic E-state index is 0.0677. The molecule has 33 heavy (non-hydrogen) atoms. The maximum Gasteiger partial charge on any atom is 0.242 e. The van der Waals surface area contributed by atoms with Gasteiger partial charge in [0.05, 0.1) is 11.5 Å². The molecule has 0 spiro atoms. The Kier molecular flexibility index (Phi) is 8.25. The highest BCUT2D eigenvalue weighted by atomic mass is 32.2. The normalized spacial score (nSPS) is 12.4. The van der Waals surface area contributed by atoms with Crippen LogP contribution in [0.15, 0.2) is 83.8 Å². The van der Waals surface area contributed by atoms with Crippen LogP contribution in [0.1, 0.15) is 37.8 Å². The van der Waals surface area contributed by atoms with E-state index in [1.54, 1.807) is 12.1 Å². The minimum atomic E-state index is -3.93. The standard InChI is InChI=1S/C26H30N2O4S/c1-4-32-23-14-16-24(17-15-23)33(30,31)28-25(18-20-8-6-5-7-9-20)26(29)27-22-12-10-21(11-13-22)19(2)3/h5-17,19,25,28H,4,18H2,1-3H3,(H,27,29). The largest absolute Gasteiger partial charge is 0.494 e. The van der Waals surface area contributed by atoms with Crippen LogP contribution in [0.2, 0.25) is 0 Å². The van der Waals surface area contributed by atoms with Crippen LogP contribution in [-0.2, 0) is 21.2 Å². The number of benzene rings is 3. The van der Waals surface area contributed by atoms with E-state index in [4.69, 9.17) is 4.74 Å². The van der Waals surface area contributed by atoms with Gasteiger partial charge in [-0.2, -0.15) is 4.72 Å². The van der Waals surface area contributed by atoms with Crippen LogP contribution >= 0.6 is 0 Å². The predicted molar refractivity (Wildman–Crippen MR) is 131 cm³/mol. The number of hydrogen-bond acceptors (Lipinski definition) is 4. The third kappa shape index (κ3) is 6.91. The SMILES string of the molecule is CCOc1ccc(S(=O)(=O)NC(Cc2ccccc2)C(=O)Nc2ccc(C(C)C)cc2)cc1. The van der Waals surface area contributed by atoms with E-state index in [1.165, 1.54) is 12.1 Å². The summed E-state index contributed by atoms with van der Waals surface area (Å²) >= 11 is 0. The average molecular weight is 467 g/mol. The van der Waals surface area contributed by atoms with Crippen LogP contribution in [0.5, 0.6) is 5.75 Å². The summed E-state index contributed by atoms with van der Waals surface area (Å²) in [6.07, 6.45) is 0.215. The second kappa shape index (κ2) is 11.1. The highest BCUT2D eigenvalue weighted by molar-refractivity contribution is 7.89. The van der Waals surface area contributed by atoms with E-state index < -0.39 is 22.0 Å². The lowest BCUT2D eigenvalue weighted by Crippen LogP contribution is -2.45. The number of nitrogens with one attached hydrogen (secondary N) is 2. The molecule has 0 fully saturated rings. The van der Waals surface area contributed by atoms with E-state index in [-0.39, 0.29) is 11.3 Å². The monoisotopic (exact) mass is 466 g/mol. The zero-order valence-electron chi connectivity index (χ0n) is 19.1. The van der Waals surface area contributed by atoms with Gasteiger partial charge in [-0.3, -0.25) is 4.79 Å². The Bertz CT molecular complexity index is 1140. The first-order valence-electron chi connectivity index (χ1n) is 11.0. The Labute approximate surface area is 196 Å². The quantitative estimate of drug-likeness (QED) is 0.452. The molecule has 0 bridgehead atoms. The number of sulfonamides is 1. The summed E-state index contributed by atoms with van der Waals surface area (Å²) in [4.78, 5) is 13.2. The Morgan fingerprint density at radius 3 is 2.12 bits per heavy atom. The highest BCUT2D eigenvalue weighted by Crippen LogP contribution is 2.19. The number of amides is 1. The molecule has 6 nitrogen and oxygen atoms in total. The molecule has 2 N–H and O–H groups in total. The molecular formula is C26H30N2O4S. The molecule has 3 rings (SSSR count). The van der Waals surface area contributed by atoms with Crippen molar-refractivity contribution in [3.05, 3.63) is 90.0 Å². The summed E-state index contributed by atoms with van der Waals surface area (Å²) in [5.41, 5.74) is 2.62. The molecule has 0 aromatic heterocycles. The van der Waals surface area contributed by atoms with Crippen molar-refractivity contribution < 1.29 is 17.9 Å². The molecule has 7 heteroatoms. The van der Waals surface area contributed by atoms with Crippen LogP contribution in [0.4, 0.5) is 5.69 Å². The van der Waals surface area contributed by atoms with Gasteiger partial charge >= 0.3 is 0 Å². The van der Waals surface area contributed by atoms with Gasteiger partial charge in [-0.25, -0.2) is 8.42 Å². The molecule has 0 saturated heterocycles. The van der Waals surface area contributed by atoms with E-state index in [9.17, 15) is 13.2 Å². The molecule has 1 atom stereocenters. The Balaban J connectivity index is 1.81. The maximum atomic E-state index is 13.1. The highest BCUT2D eigenvalue weighted by Gasteiger charge is 2.26. The van der Waals surface area contributed by atoms with Gasteiger partial charge in [-0.1, -0.05) is 56.3 Å². The van der Waals surface area contributed by atoms with Crippen molar-refractivity contribution >= 4 is 21.6 Å². The number of hydrogen-bond donors (Lipinski definition) is 2. The summed E-state index contributed by atoms with van der Waals surface area (Å²) in [5, 5.41) is 2.84. The van der Waals surface area contributed by atoms with Gasteiger partial charge in [0.1, 0.15) is 11.8 Å². The molecule has 0 aliphatic carbocycles. The Morgan fingerprint density at radius 1 is 0.909 bits per heavy atom. The molecule has 0 radical (unpaired) electrons. The summed E-state index contributed by atoms with van der Waals surface area (Å²) in [6.45, 7) is 6.54. The first-order chi connectivity index (χ1) is 15.8. The number of ether oxygens (including phenoxy) is 1. The van der Waals surface area contributed by atoms with Gasteiger partial charge < -0.3 is 10.1 Å². The van der Waals surface area contributed by atoms with Crippen LogP contribution in [0.25, 0.3) is 0 Å². The van der Waals surface area contributed by atoms with Gasteiger partial charge in [-0.15, -0.1) is 0 Å². The van der Waals surface area contributed by atoms with E-state index in [0.717, 1.165) is 11.1 Å². The van der Waals surface area contributed by atoms with E-state index in [2.05, 4.69) is 23.9 Å². The Hall–Kier alpha value is -3.16. The van der Waals surface area contributed by atoms with Crippen molar-refractivity contribution in [3.63, 3.8) is 0 Å². The fourth-order valence-corrected chi connectivity index (χ4v) is 4.55. The van der Waals surface area contributed by atoms with E-state index in [1.807, 2.05) is 61.5 Å². The van der Waals surface area contributed by atoms with Crippen LogP contribution in [0, 0.1) is 0 Å². The molecule has 1 amide bonds. The minimum Gasteiger partial charge on any atom is -0.494 e. The lowest BCUT2D eigenvalue weighted by atomic mass is 10.0. The van der Waals surface area contributed by atoms with Gasteiger partial charge in [-0.05, 0) is 66.8 Å². The zero-order valence-corrected chi connectivity index (χ0v) is 19.9. The van der Waals surface area contributed by atoms with Gasteiger partial charge in [0, 0.05) is 5.69 Å². The van der Waals surface area contributed by atoms with Crippen LogP contribution < -0.4 is 14.8 Å². The number of anilines is 1. The van der Waals surface area contributed by atoms with Crippen molar-refractivity contribution in [1.82, 2.24) is 4.72 Å². The molecule has 0 saturated carbocycles. The van der Waals surface area contributed by atoms with Crippen LogP contribution in [-0.4, -0.2) is 27.0 Å². The number of rotatable bonds is 10. The van der Waals surface area contributed by atoms with Crippen molar-refractivity contribution in [2.45, 2.75) is 44.0 Å². The van der Waals surface area contributed by atoms with Crippen molar-refractivity contribution in [2.75, 3.05) is 11.9 Å². The Morgan fingerprint density at radius 2 is 1.55 bits per heavy atom. The molecule has 0 aliphatic rings. The first-order valence-corrected chi connectivity index (χ1v) is 12.5. The average Bonchev–Trinajstić information content (AvgIpc) is 2.80. The zero-order chi connectivity index (χ0) is 23.8. The maximum absolute atomic E-state index is 13.1. The lowest BCUT2D eigenvalue weighted by Gasteiger charge is -2.19. The molecular weight excluding hydrogens is 436 g/mol. The van der Waals surface area contributed by atoms with Gasteiger partial charge in [0.25, 0.3) is 0 Å². The van der Waals surface area contributed by atoms with Gasteiger partial charge in [0.15, 0.2) is 0 Å². The number of carbonyl (C=O) groups is 1. The lowest BCUT2D eigenvalue weighted by molar-refractivity contribution is -0.117. The first kappa shape index (κ1) is 24.5. The summed E-state index contributed by atoms with van der Waals surface area (Å²) in [6, 6.07) is 22.0. The number of carbonyl (C=O) groups excluding carboxylic acids is 1. The summed E-state index contributed by atoms with van der Waals surface area (Å²) in [7, 11) is -3.93. The second-order valence-electron chi connectivity index (χ2n) is 8.03. The van der Waals surface area contributed by atoms with Crippen LogP contribution in [0.3, 0.4) is 0 Å². The smallest absolute Gasteiger partial charge is 0.242 e. The summed E-state index contributed by atoms with van der Waals surface area (Å²) < 4.78 is 34.1. The predicted octanol–water partition coefficient (Wildman–Crippen LogP) is 4.74. The van der Waals surface area contributed by atoms with Crippen molar-refractivity contribution in [1.29, 1.82) is 0 Å². The molecule has 0 aliphatic heterocycles. The molecule has 3 aromatic rings. The van der Waals surface area contributed by atoms with E-state index >= 15 is 0 Å². The molecule has 174 valence electrons. The molecule has 3 aromatic carbocycles. The second-order valence-corrected chi connectivity index (χ2v) is 9.75. The topological polar surface area (TPSA) is 84.5 Å².